The van der Waals surface area contributed by atoms with E-state index in [1.807, 2.05) is 19.1 Å². The van der Waals surface area contributed by atoms with Crippen LogP contribution in [0.4, 0.5) is 5.69 Å². The normalized spacial score (nSPS) is 10.9. The molecule has 2 heterocycles. The van der Waals surface area contributed by atoms with Crippen molar-refractivity contribution in [2.75, 3.05) is 5.73 Å². The first-order valence-electron chi connectivity index (χ1n) is 6.01. The summed E-state index contributed by atoms with van der Waals surface area (Å²) >= 11 is 7.35. The Morgan fingerprint density at radius 1 is 1.30 bits per heavy atom. The summed E-state index contributed by atoms with van der Waals surface area (Å²) in [6.45, 7) is 1.88. The maximum absolute atomic E-state index is 12.5. The molecule has 0 aliphatic carbocycles. The molecular weight excluding hydrogens is 292 g/mol. The van der Waals surface area contributed by atoms with E-state index in [9.17, 15) is 4.79 Å². The van der Waals surface area contributed by atoms with Gasteiger partial charge in [0.1, 0.15) is 0 Å². The molecule has 0 unspecified atom stereocenters. The Hall–Kier alpha value is -1.91. The van der Waals surface area contributed by atoms with Crippen LogP contribution < -0.4 is 5.73 Å². The van der Waals surface area contributed by atoms with Crippen molar-refractivity contribution in [3.8, 4) is 0 Å². The number of carbonyl (C=O) groups excluding carboxylic acids is 1. The number of carbonyl (C=O) groups is 1. The summed E-state index contributed by atoms with van der Waals surface area (Å²) in [4.78, 5) is 17.2. The number of aromatic nitrogens is 1. The van der Waals surface area contributed by atoms with Crippen molar-refractivity contribution in [2.45, 2.75) is 6.92 Å². The Bertz CT molecular complexity index is 809. The predicted octanol–water partition coefficient (Wildman–Crippen LogP) is 4.07. The van der Waals surface area contributed by atoms with Gasteiger partial charge in [0.2, 0.25) is 5.78 Å². The fourth-order valence-electron chi connectivity index (χ4n) is 1.99. The van der Waals surface area contributed by atoms with Gasteiger partial charge < -0.3 is 5.73 Å². The lowest BCUT2D eigenvalue weighted by atomic mass is 10.1. The lowest BCUT2D eigenvalue weighted by Gasteiger charge is -2.00. The minimum Gasteiger partial charge on any atom is -0.397 e. The standard InChI is InChI=1S/C15H11ClN2OS/c1-8-2-3-9(7-18-8)14(19)15-13(17)11-6-10(16)4-5-12(11)20-15/h2-7H,17H2,1H3. The Kier molecular flexibility index (Phi) is 3.20. The van der Waals surface area contributed by atoms with Crippen molar-refractivity contribution in [1.29, 1.82) is 0 Å². The van der Waals surface area contributed by atoms with Crippen LogP contribution in [0, 0.1) is 6.92 Å². The number of nitrogens with two attached hydrogens (primary N) is 1. The fraction of sp³-hybridized carbons (Fsp3) is 0.0667. The molecule has 3 rings (SSSR count). The molecule has 2 aromatic heterocycles. The fourth-order valence-corrected chi connectivity index (χ4v) is 3.23. The number of hydrogen-bond donors (Lipinski definition) is 1. The van der Waals surface area contributed by atoms with Crippen LogP contribution in [0.2, 0.25) is 5.02 Å². The number of halogens is 1. The molecule has 0 saturated heterocycles. The molecule has 0 aliphatic rings. The number of aryl methyl sites for hydroxylation is 1. The van der Waals surface area contributed by atoms with Gasteiger partial charge in [-0.2, -0.15) is 0 Å². The second kappa shape index (κ2) is 4.89. The van der Waals surface area contributed by atoms with Gasteiger partial charge in [-0.1, -0.05) is 11.6 Å². The minimum absolute atomic E-state index is 0.104. The van der Waals surface area contributed by atoms with E-state index in [1.165, 1.54) is 11.3 Å². The van der Waals surface area contributed by atoms with E-state index in [-0.39, 0.29) is 5.78 Å². The van der Waals surface area contributed by atoms with E-state index in [1.54, 1.807) is 24.4 Å². The highest BCUT2D eigenvalue weighted by atomic mass is 35.5. The van der Waals surface area contributed by atoms with Gasteiger partial charge in [-0.3, -0.25) is 9.78 Å². The quantitative estimate of drug-likeness (QED) is 0.726. The van der Waals surface area contributed by atoms with Gasteiger partial charge in [0.25, 0.3) is 0 Å². The topological polar surface area (TPSA) is 56.0 Å². The second-order valence-electron chi connectivity index (χ2n) is 4.50. The molecule has 0 amide bonds. The molecule has 100 valence electrons. The van der Waals surface area contributed by atoms with Crippen LogP contribution in [0.5, 0.6) is 0 Å². The summed E-state index contributed by atoms with van der Waals surface area (Å²) in [5, 5.41) is 1.43. The Morgan fingerprint density at radius 3 is 2.80 bits per heavy atom. The predicted molar refractivity (Wildman–Crippen MR) is 83.7 cm³/mol. The first kappa shape index (κ1) is 13.1. The van der Waals surface area contributed by atoms with Gasteiger partial charge in [-0.15, -0.1) is 11.3 Å². The van der Waals surface area contributed by atoms with E-state index in [4.69, 9.17) is 17.3 Å². The number of nitrogen functional groups attached to an aromatic ring is 1. The molecule has 2 N–H and O–H groups in total. The van der Waals surface area contributed by atoms with Crippen LogP contribution in [0.25, 0.3) is 10.1 Å². The highest BCUT2D eigenvalue weighted by molar-refractivity contribution is 7.21. The Balaban J connectivity index is 2.12. The number of thiophene rings is 1. The first-order chi connectivity index (χ1) is 9.56. The van der Waals surface area contributed by atoms with E-state index < -0.39 is 0 Å². The SMILES string of the molecule is Cc1ccc(C(=O)c2sc3ccc(Cl)cc3c2N)cn1. The number of fused-ring (bicyclic) bond motifs is 1. The lowest BCUT2D eigenvalue weighted by molar-refractivity contribution is 0.104. The zero-order valence-corrected chi connectivity index (χ0v) is 12.3. The summed E-state index contributed by atoms with van der Waals surface area (Å²) < 4.78 is 0.954. The number of ketones is 1. The zero-order chi connectivity index (χ0) is 14.3. The molecule has 0 spiro atoms. The van der Waals surface area contributed by atoms with Crippen LogP contribution >= 0.6 is 22.9 Å². The summed E-state index contributed by atoms with van der Waals surface area (Å²) in [5.41, 5.74) is 7.99. The number of benzene rings is 1. The van der Waals surface area contributed by atoms with Gasteiger partial charge in [0.15, 0.2) is 0 Å². The van der Waals surface area contributed by atoms with Gasteiger partial charge >= 0.3 is 0 Å². The number of anilines is 1. The Morgan fingerprint density at radius 2 is 2.10 bits per heavy atom. The average Bonchev–Trinajstić information content (AvgIpc) is 2.76. The van der Waals surface area contributed by atoms with Crippen LogP contribution in [-0.4, -0.2) is 10.8 Å². The molecule has 3 nitrogen and oxygen atoms in total. The highest BCUT2D eigenvalue weighted by Gasteiger charge is 2.18. The van der Waals surface area contributed by atoms with Crippen molar-refractivity contribution in [3.05, 3.63) is 57.7 Å². The molecule has 0 radical (unpaired) electrons. The van der Waals surface area contributed by atoms with E-state index in [2.05, 4.69) is 4.98 Å². The van der Waals surface area contributed by atoms with Crippen LogP contribution in [0.3, 0.4) is 0 Å². The van der Waals surface area contributed by atoms with Crippen molar-refractivity contribution in [2.24, 2.45) is 0 Å². The second-order valence-corrected chi connectivity index (χ2v) is 5.99. The summed E-state index contributed by atoms with van der Waals surface area (Å²) in [5.74, 6) is -0.104. The number of nitrogens with zero attached hydrogens (tertiary/aromatic N) is 1. The number of rotatable bonds is 2. The van der Waals surface area contributed by atoms with Crippen molar-refractivity contribution in [3.63, 3.8) is 0 Å². The molecule has 0 saturated carbocycles. The summed E-state index contributed by atoms with van der Waals surface area (Å²) in [6, 6.07) is 9.03. The van der Waals surface area contributed by atoms with Crippen LogP contribution in [-0.2, 0) is 0 Å². The van der Waals surface area contributed by atoms with E-state index >= 15 is 0 Å². The molecule has 3 aromatic rings. The van der Waals surface area contributed by atoms with Crippen LogP contribution in [0.15, 0.2) is 36.5 Å². The largest absolute Gasteiger partial charge is 0.397 e. The first-order valence-corrected chi connectivity index (χ1v) is 7.20. The molecular formula is C15H11ClN2OS. The zero-order valence-electron chi connectivity index (χ0n) is 10.7. The molecule has 1 aromatic carbocycles. The monoisotopic (exact) mass is 302 g/mol. The van der Waals surface area contributed by atoms with Gasteiger partial charge in [-0.05, 0) is 37.3 Å². The van der Waals surface area contributed by atoms with Crippen molar-refractivity contribution >= 4 is 44.5 Å². The van der Waals surface area contributed by atoms with Crippen molar-refractivity contribution in [1.82, 2.24) is 4.98 Å². The maximum Gasteiger partial charge on any atom is 0.206 e. The molecule has 5 heteroatoms. The number of pyridine rings is 1. The van der Waals surface area contributed by atoms with Gasteiger partial charge in [0.05, 0.1) is 10.6 Å². The molecule has 0 aliphatic heterocycles. The molecule has 0 bridgehead atoms. The van der Waals surface area contributed by atoms with Gasteiger partial charge in [-0.25, -0.2) is 0 Å². The third kappa shape index (κ3) is 2.17. The maximum atomic E-state index is 12.5. The summed E-state index contributed by atoms with van der Waals surface area (Å²) in [6.07, 6.45) is 1.58. The third-order valence-corrected chi connectivity index (χ3v) is 4.49. The highest BCUT2D eigenvalue weighted by Crippen LogP contribution is 2.36. The van der Waals surface area contributed by atoms with Crippen molar-refractivity contribution < 1.29 is 4.79 Å². The average molecular weight is 303 g/mol. The lowest BCUT2D eigenvalue weighted by Crippen LogP contribution is -2.02. The minimum atomic E-state index is -0.104. The molecule has 0 atom stereocenters. The number of hydrogen-bond acceptors (Lipinski definition) is 4. The van der Waals surface area contributed by atoms with Gasteiger partial charge in [0, 0.05) is 32.6 Å². The smallest absolute Gasteiger partial charge is 0.206 e. The Labute approximate surface area is 125 Å². The third-order valence-electron chi connectivity index (χ3n) is 3.07. The molecule has 0 fully saturated rings. The van der Waals surface area contributed by atoms with E-state index in [0.29, 0.717) is 21.2 Å². The van der Waals surface area contributed by atoms with E-state index in [0.717, 1.165) is 15.8 Å². The molecule has 20 heavy (non-hydrogen) atoms. The van der Waals surface area contributed by atoms with Crippen LogP contribution in [0.1, 0.15) is 20.9 Å². The summed E-state index contributed by atoms with van der Waals surface area (Å²) in [7, 11) is 0.